The zero-order valence-corrected chi connectivity index (χ0v) is 9.89. The summed E-state index contributed by atoms with van der Waals surface area (Å²) in [6.07, 6.45) is 0. The van der Waals surface area contributed by atoms with E-state index in [4.69, 9.17) is 24.4 Å². The summed E-state index contributed by atoms with van der Waals surface area (Å²) in [5, 5.41) is 17.7. The molecule has 1 aromatic rings. The molecular weight excluding hydrogens is 224 g/mol. The van der Waals surface area contributed by atoms with Gasteiger partial charge in [0.25, 0.3) is 0 Å². The van der Waals surface area contributed by atoms with Crippen LogP contribution >= 0.6 is 0 Å². The van der Waals surface area contributed by atoms with Gasteiger partial charge in [0.05, 0.1) is 33.5 Å². The third-order valence-corrected chi connectivity index (χ3v) is 2.17. The first-order valence-corrected chi connectivity index (χ1v) is 5.41. The minimum atomic E-state index is -0.0865. The van der Waals surface area contributed by atoms with Gasteiger partial charge in [0, 0.05) is 11.6 Å². The first kappa shape index (κ1) is 13.8. The molecule has 17 heavy (non-hydrogen) atoms. The maximum absolute atomic E-state index is 9.14. The molecule has 0 heterocycles. The van der Waals surface area contributed by atoms with Crippen molar-refractivity contribution in [2.45, 2.75) is 6.61 Å². The lowest BCUT2D eigenvalue weighted by Crippen LogP contribution is -2.10. The van der Waals surface area contributed by atoms with Gasteiger partial charge in [0.15, 0.2) is 0 Å². The van der Waals surface area contributed by atoms with Crippen molar-refractivity contribution in [3.63, 3.8) is 0 Å². The molecule has 5 heteroatoms. The molecule has 0 aromatic heterocycles. The van der Waals surface area contributed by atoms with E-state index in [0.29, 0.717) is 36.9 Å². The number of aliphatic hydroxyl groups excluding tert-OH is 2. The Bertz CT molecular complexity index is 327. The highest BCUT2D eigenvalue weighted by Gasteiger charge is 2.04. The van der Waals surface area contributed by atoms with Gasteiger partial charge in [0.2, 0.25) is 0 Å². The van der Waals surface area contributed by atoms with Gasteiger partial charge in [-0.25, -0.2) is 0 Å². The number of hydrogen-bond donors (Lipinski definition) is 2. The van der Waals surface area contributed by atoms with E-state index in [0.717, 1.165) is 0 Å². The van der Waals surface area contributed by atoms with Crippen LogP contribution in [0, 0.1) is 0 Å². The van der Waals surface area contributed by atoms with Crippen molar-refractivity contribution in [2.24, 2.45) is 0 Å². The van der Waals surface area contributed by atoms with Crippen molar-refractivity contribution < 1.29 is 24.4 Å². The predicted molar refractivity (Wildman–Crippen MR) is 62.3 cm³/mol. The average Bonchev–Trinajstić information content (AvgIpc) is 2.38. The van der Waals surface area contributed by atoms with E-state index in [-0.39, 0.29) is 13.2 Å². The molecule has 0 fully saturated rings. The van der Waals surface area contributed by atoms with Gasteiger partial charge in [-0.15, -0.1) is 0 Å². The van der Waals surface area contributed by atoms with Crippen molar-refractivity contribution in [1.29, 1.82) is 0 Å². The molecule has 0 saturated carbocycles. The molecule has 0 aliphatic carbocycles. The first-order chi connectivity index (χ1) is 8.31. The highest BCUT2D eigenvalue weighted by Crippen LogP contribution is 2.24. The molecule has 0 unspecified atom stereocenters. The van der Waals surface area contributed by atoms with E-state index in [9.17, 15) is 0 Å². The van der Waals surface area contributed by atoms with Gasteiger partial charge in [-0.2, -0.15) is 0 Å². The van der Waals surface area contributed by atoms with Crippen LogP contribution in [-0.2, 0) is 11.3 Å². The lowest BCUT2D eigenvalue weighted by molar-refractivity contribution is 0.0699. The second-order valence-electron chi connectivity index (χ2n) is 3.32. The van der Waals surface area contributed by atoms with Crippen LogP contribution in [0.2, 0.25) is 0 Å². The molecule has 0 bridgehead atoms. The smallest absolute Gasteiger partial charge is 0.128 e. The van der Waals surface area contributed by atoms with E-state index in [1.807, 2.05) is 0 Å². The van der Waals surface area contributed by atoms with Crippen molar-refractivity contribution in [2.75, 3.05) is 33.5 Å². The Hall–Kier alpha value is -1.30. The van der Waals surface area contributed by atoms with Crippen LogP contribution in [-0.4, -0.2) is 43.8 Å². The molecule has 0 saturated heterocycles. The van der Waals surface area contributed by atoms with Gasteiger partial charge in [0.1, 0.15) is 18.1 Å². The number of rotatable bonds is 8. The topological polar surface area (TPSA) is 68.2 Å². The molecule has 2 N–H and O–H groups in total. The third-order valence-electron chi connectivity index (χ3n) is 2.17. The Morgan fingerprint density at radius 1 is 1.12 bits per heavy atom. The van der Waals surface area contributed by atoms with Gasteiger partial charge in [-0.1, -0.05) is 0 Å². The SMILES string of the molecule is COc1ccc(CO)c(OCCOCCO)c1. The summed E-state index contributed by atoms with van der Waals surface area (Å²) in [4.78, 5) is 0. The molecular formula is C12H18O5. The van der Waals surface area contributed by atoms with Crippen LogP contribution in [0.1, 0.15) is 5.56 Å². The van der Waals surface area contributed by atoms with Crippen LogP contribution < -0.4 is 9.47 Å². The Kier molecular flexibility index (Phi) is 6.39. The van der Waals surface area contributed by atoms with Gasteiger partial charge in [-0.05, 0) is 12.1 Å². The van der Waals surface area contributed by atoms with Crippen molar-refractivity contribution in [3.8, 4) is 11.5 Å². The predicted octanol–water partition coefficient (Wildman–Crippen LogP) is 0.575. The number of hydrogen-bond acceptors (Lipinski definition) is 5. The summed E-state index contributed by atoms with van der Waals surface area (Å²) >= 11 is 0. The zero-order chi connectivity index (χ0) is 12.5. The first-order valence-electron chi connectivity index (χ1n) is 5.41. The van der Waals surface area contributed by atoms with E-state index < -0.39 is 0 Å². The summed E-state index contributed by atoms with van der Waals surface area (Å²) in [5.74, 6) is 1.26. The molecule has 5 nitrogen and oxygen atoms in total. The summed E-state index contributed by atoms with van der Waals surface area (Å²) < 4.78 is 15.6. The average molecular weight is 242 g/mol. The Morgan fingerprint density at radius 2 is 1.94 bits per heavy atom. The van der Waals surface area contributed by atoms with E-state index >= 15 is 0 Å². The lowest BCUT2D eigenvalue weighted by Gasteiger charge is -2.11. The van der Waals surface area contributed by atoms with Crippen LogP contribution in [0.5, 0.6) is 11.5 Å². The molecule has 0 amide bonds. The molecule has 96 valence electrons. The van der Waals surface area contributed by atoms with Crippen LogP contribution in [0.25, 0.3) is 0 Å². The highest BCUT2D eigenvalue weighted by molar-refractivity contribution is 5.40. The third kappa shape index (κ3) is 4.60. The molecule has 1 aromatic carbocycles. The number of aliphatic hydroxyl groups is 2. The Morgan fingerprint density at radius 3 is 2.59 bits per heavy atom. The molecule has 0 aliphatic heterocycles. The highest BCUT2D eigenvalue weighted by atomic mass is 16.5. The maximum Gasteiger partial charge on any atom is 0.128 e. The van der Waals surface area contributed by atoms with E-state index in [1.165, 1.54) is 0 Å². The summed E-state index contributed by atoms with van der Waals surface area (Å²) in [7, 11) is 1.57. The van der Waals surface area contributed by atoms with Gasteiger partial charge >= 0.3 is 0 Å². The number of ether oxygens (including phenoxy) is 3. The van der Waals surface area contributed by atoms with Crippen molar-refractivity contribution in [1.82, 2.24) is 0 Å². The standard InChI is InChI=1S/C12H18O5/c1-15-11-3-2-10(9-14)12(8-11)17-7-6-16-5-4-13/h2-3,8,13-14H,4-7,9H2,1H3. The quantitative estimate of drug-likeness (QED) is 0.652. The van der Waals surface area contributed by atoms with Crippen LogP contribution in [0.15, 0.2) is 18.2 Å². The molecule has 1 rings (SSSR count). The van der Waals surface area contributed by atoms with E-state index in [2.05, 4.69) is 0 Å². The van der Waals surface area contributed by atoms with Crippen LogP contribution in [0.3, 0.4) is 0 Å². The van der Waals surface area contributed by atoms with Crippen molar-refractivity contribution >= 4 is 0 Å². The molecule has 0 aliphatic rings. The number of methoxy groups -OCH3 is 1. The molecule has 0 radical (unpaired) electrons. The molecule has 0 spiro atoms. The van der Waals surface area contributed by atoms with Crippen LogP contribution in [0.4, 0.5) is 0 Å². The fraction of sp³-hybridized carbons (Fsp3) is 0.500. The Labute approximate surface area is 101 Å². The van der Waals surface area contributed by atoms with E-state index in [1.54, 1.807) is 25.3 Å². The Balaban J connectivity index is 2.49. The summed E-state index contributed by atoms with van der Waals surface area (Å²) in [6, 6.07) is 5.24. The van der Waals surface area contributed by atoms with Crippen molar-refractivity contribution in [3.05, 3.63) is 23.8 Å². The fourth-order valence-corrected chi connectivity index (χ4v) is 1.30. The van der Waals surface area contributed by atoms with Gasteiger partial charge < -0.3 is 24.4 Å². The number of benzene rings is 1. The lowest BCUT2D eigenvalue weighted by atomic mass is 10.2. The summed E-state index contributed by atoms with van der Waals surface area (Å²) in [5.41, 5.74) is 0.702. The maximum atomic E-state index is 9.14. The normalized spacial score (nSPS) is 10.3. The second kappa shape index (κ2) is 7.89. The second-order valence-corrected chi connectivity index (χ2v) is 3.32. The monoisotopic (exact) mass is 242 g/mol. The fourth-order valence-electron chi connectivity index (χ4n) is 1.30. The largest absolute Gasteiger partial charge is 0.497 e. The minimum Gasteiger partial charge on any atom is -0.497 e. The van der Waals surface area contributed by atoms with Gasteiger partial charge in [-0.3, -0.25) is 0 Å². The molecule has 0 atom stereocenters. The minimum absolute atomic E-state index is 0.00104. The zero-order valence-electron chi connectivity index (χ0n) is 9.89. The summed E-state index contributed by atoms with van der Waals surface area (Å²) in [6.45, 7) is 0.967.